The molecule has 1 aromatic heterocycles. The van der Waals surface area contributed by atoms with Crippen LogP contribution in [0.2, 0.25) is 5.02 Å². The molecule has 18 heavy (non-hydrogen) atoms. The number of para-hydroxylation sites is 1. The van der Waals surface area contributed by atoms with Crippen LogP contribution in [0.1, 0.15) is 30.8 Å². The fourth-order valence-electron chi connectivity index (χ4n) is 1.57. The summed E-state index contributed by atoms with van der Waals surface area (Å²) in [7, 11) is 0. The molecule has 0 aliphatic heterocycles. The highest BCUT2D eigenvalue weighted by atomic mass is 35.5. The standard InChI is InChI=1S/C14H15ClO2S/c1-3-9(2)18-8-12(16)13-7-10-5-4-6-11(15)14(10)17-13/h4-7,9H,3,8H2,1-2H3. The smallest absolute Gasteiger partial charge is 0.207 e. The van der Waals surface area contributed by atoms with E-state index in [2.05, 4.69) is 13.8 Å². The molecule has 0 aliphatic carbocycles. The normalized spacial score (nSPS) is 12.8. The fraction of sp³-hybridized carbons (Fsp3) is 0.357. The Hall–Kier alpha value is -0.930. The third-order valence-corrected chi connectivity index (χ3v) is 4.47. The van der Waals surface area contributed by atoms with Gasteiger partial charge in [-0.05, 0) is 18.6 Å². The molecule has 1 unspecified atom stereocenters. The van der Waals surface area contributed by atoms with Crippen molar-refractivity contribution in [3.8, 4) is 0 Å². The number of ketones is 1. The Balaban J connectivity index is 2.16. The van der Waals surface area contributed by atoms with Crippen molar-refractivity contribution in [3.63, 3.8) is 0 Å². The summed E-state index contributed by atoms with van der Waals surface area (Å²) in [5.41, 5.74) is 0.594. The van der Waals surface area contributed by atoms with E-state index < -0.39 is 0 Å². The van der Waals surface area contributed by atoms with Crippen LogP contribution in [0.3, 0.4) is 0 Å². The van der Waals surface area contributed by atoms with Crippen molar-refractivity contribution in [3.05, 3.63) is 35.0 Å². The lowest BCUT2D eigenvalue weighted by atomic mass is 10.2. The van der Waals surface area contributed by atoms with Crippen LogP contribution in [0.4, 0.5) is 0 Å². The molecule has 0 radical (unpaired) electrons. The van der Waals surface area contributed by atoms with Crippen LogP contribution in [-0.2, 0) is 0 Å². The molecule has 0 saturated heterocycles. The van der Waals surface area contributed by atoms with Crippen LogP contribution in [0.5, 0.6) is 0 Å². The van der Waals surface area contributed by atoms with E-state index in [9.17, 15) is 4.79 Å². The van der Waals surface area contributed by atoms with Crippen LogP contribution in [-0.4, -0.2) is 16.8 Å². The Morgan fingerprint density at radius 2 is 2.28 bits per heavy atom. The van der Waals surface area contributed by atoms with Crippen molar-refractivity contribution < 1.29 is 9.21 Å². The molecule has 2 nitrogen and oxygen atoms in total. The SMILES string of the molecule is CCC(C)SCC(=O)c1cc2cccc(Cl)c2o1. The van der Waals surface area contributed by atoms with Crippen molar-refractivity contribution >= 4 is 40.1 Å². The third kappa shape index (κ3) is 2.90. The molecule has 0 amide bonds. The zero-order valence-corrected chi connectivity index (χ0v) is 12.0. The van der Waals surface area contributed by atoms with Crippen molar-refractivity contribution in [2.24, 2.45) is 0 Å². The molecule has 0 fully saturated rings. The summed E-state index contributed by atoms with van der Waals surface area (Å²) in [6.07, 6.45) is 1.06. The Morgan fingerprint density at radius 3 is 2.94 bits per heavy atom. The maximum atomic E-state index is 12.0. The summed E-state index contributed by atoms with van der Waals surface area (Å²) in [6.45, 7) is 4.23. The first-order valence-electron chi connectivity index (χ1n) is 5.94. The second-order valence-electron chi connectivity index (χ2n) is 4.22. The lowest BCUT2D eigenvalue weighted by Crippen LogP contribution is -2.04. The average Bonchev–Trinajstić information content (AvgIpc) is 2.81. The molecule has 1 atom stereocenters. The molecular weight excluding hydrogens is 268 g/mol. The van der Waals surface area contributed by atoms with Crippen LogP contribution >= 0.6 is 23.4 Å². The Kier molecular flexibility index (Phi) is 4.36. The first-order chi connectivity index (χ1) is 8.61. The summed E-state index contributed by atoms with van der Waals surface area (Å²) < 4.78 is 5.53. The number of thioether (sulfide) groups is 1. The first-order valence-corrected chi connectivity index (χ1v) is 7.37. The monoisotopic (exact) mass is 282 g/mol. The fourth-order valence-corrected chi connectivity index (χ4v) is 2.61. The Labute approximate surface area is 116 Å². The third-order valence-electron chi connectivity index (χ3n) is 2.84. The lowest BCUT2D eigenvalue weighted by molar-refractivity contribution is 0.0994. The largest absolute Gasteiger partial charge is 0.451 e. The van der Waals surface area contributed by atoms with Crippen molar-refractivity contribution in [2.75, 3.05) is 5.75 Å². The number of halogens is 1. The van der Waals surface area contributed by atoms with Crippen LogP contribution in [0.25, 0.3) is 11.0 Å². The molecule has 0 N–H and O–H groups in total. The minimum atomic E-state index is 0.0209. The van der Waals surface area contributed by atoms with E-state index >= 15 is 0 Å². The molecular formula is C14H15ClO2S. The summed E-state index contributed by atoms with van der Waals surface area (Å²) in [6, 6.07) is 7.27. The van der Waals surface area contributed by atoms with Crippen LogP contribution in [0.15, 0.2) is 28.7 Å². The highest BCUT2D eigenvalue weighted by Gasteiger charge is 2.14. The second-order valence-corrected chi connectivity index (χ2v) is 6.06. The average molecular weight is 283 g/mol. The Morgan fingerprint density at radius 1 is 1.50 bits per heavy atom. The number of benzene rings is 1. The van der Waals surface area contributed by atoms with Crippen molar-refractivity contribution in [1.82, 2.24) is 0 Å². The van der Waals surface area contributed by atoms with Gasteiger partial charge in [0.1, 0.15) is 0 Å². The van der Waals surface area contributed by atoms with Gasteiger partial charge in [-0.15, -0.1) is 0 Å². The van der Waals surface area contributed by atoms with E-state index in [0.29, 0.717) is 27.4 Å². The zero-order chi connectivity index (χ0) is 13.1. The molecule has 96 valence electrons. The summed E-state index contributed by atoms with van der Waals surface area (Å²) in [5, 5.41) is 1.91. The predicted octanol–water partition coefficient (Wildman–Crippen LogP) is 4.80. The van der Waals surface area contributed by atoms with Crippen LogP contribution in [0, 0.1) is 0 Å². The minimum absolute atomic E-state index is 0.0209. The molecule has 0 saturated carbocycles. The molecule has 2 rings (SSSR count). The van der Waals surface area contributed by atoms with E-state index in [1.165, 1.54) is 0 Å². The summed E-state index contributed by atoms with van der Waals surface area (Å²) in [5.74, 6) is 0.869. The van der Waals surface area contributed by atoms with Crippen molar-refractivity contribution in [1.29, 1.82) is 0 Å². The number of hydrogen-bond acceptors (Lipinski definition) is 3. The van der Waals surface area contributed by atoms with Crippen LogP contribution < -0.4 is 0 Å². The van der Waals surface area contributed by atoms with Gasteiger partial charge in [-0.25, -0.2) is 0 Å². The van der Waals surface area contributed by atoms with Gasteiger partial charge in [-0.2, -0.15) is 11.8 Å². The maximum absolute atomic E-state index is 12.0. The summed E-state index contributed by atoms with van der Waals surface area (Å²) in [4.78, 5) is 12.0. The maximum Gasteiger partial charge on any atom is 0.207 e. The predicted molar refractivity (Wildman–Crippen MR) is 77.8 cm³/mol. The number of hydrogen-bond donors (Lipinski definition) is 0. The van der Waals surface area contributed by atoms with E-state index in [0.717, 1.165) is 11.8 Å². The number of carbonyl (C=O) groups excluding carboxylic acids is 1. The molecule has 0 bridgehead atoms. The van der Waals surface area contributed by atoms with Gasteiger partial charge in [-0.1, -0.05) is 37.6 Å². The number of fused-ring (bicyclic) bond motifs is 1. The van der Waals surface area contributed by atoms with Gasteiger partial charge in [0, 0.05) is 10.6 Å². The van der Waals surface area contributed by atoms with Gasteiger partial charge in [-0.3, -0.25) is 4.79 Å². The number of furan rings is 1. The topological polar surface area (TPSA) is 30.2 Å². The van der Waals surface area contributed by atoms with E-state index in [1.807, 2.05) is 12.1 Å². The zero-order valence-electron chi connectivity index (χ0n) is 10.4. The molecule has 1 aromatic carbocycles. The molecule has 2 aromatic rings. The van der Waals surface area contributed by atoms with Gasteiger partial charge in [0.2, 0.25) is 5.78 Å². The quantitative estimate of drug-likeness (QED) is 0.738. The number of rotatable bonds is 5. The Bertz CT molecular complexity index is 562. The van der Waals surface area contributed by atoms with E-state index in [4.69, 9.17) is 16.0 Å². The first kappa shape index (κ1) is 13.5. The van der Waals surface area contributed by atoms with Gasteiger partial charge >= 0.3 is 0 Å². The minimum Gasteiger partial charge on any atom is -0.451 e. The number of carbonyl (C=O) groups is 1. The molecule has 0 spiro atoms. The molecule has 1 heterocycles. The van der Waals surface area contributed by atoms with Gasteiger partial charge in [0.05, 0.1) is 10.8 Å². The number of Topliss-reactive ketones (excluding diaryl/α,β-unsaturated/α-hetero) is 1. The second kappa shape index (κ2) is 5.81. The van der Waals surface area contributed by atoms with E-state index in [1.54, 1.807) is 23.9 Å². The van der Waals surface area contributed by atoms with Gasteiger partial charge < -0.3 is 4.42 Å². The molecule has 0 aliphatic rings. The van der Waals surface area contributed by atoms with Gasteiger partial charge in [0.15, 0.2) is 11.3 Å². The summed E-state index contributed by atoms with van der Waals surface area (Å²) >= 11 is 7.67. The van der Waals surface area contributed by atoms with Gasteiger partial charge in [0.25, 0.3) is 0 Å². The van der Waals surface area contributed by atoms with Crippen molar-refractivity contribution in [2.45, 2.75) is 25.5 Å². The highest BCUT2D eigenvalue weighted by Crippen LogP contribution is 2.27. The lowest BCUT2D eigenvalue weighted by Gasteiger charge is -2.05. The molecule has 4 heteroatoms. The highest BCUT2D eigenvalue weighted by molar-refractivity contribution is 8.00. The van der Waals surface area contributed by atoms with E-state index in [-0.39, 0.29) is 5.78 Å².